The first-order valence-electron chi connectivity index (χ1n) is 13.9. The maximum atomic E-state index is 13.7. The summed E-state index contributed by atoms with van der Waals surface area (Å²) in [6, 6.07) is 10.4. The summed E-state index contributed by atoms with van der Waals surface area (Å²) in [5, 5.41) is 3.16. The van der Waals surface area contributed by atoms with Crippen LogP contribution in [-0.2, 0) is 16.0 Å². The number of piperidine rings is 1. The summed E-state index contributed by atoms with van der Waals surface area (Å²) in [6.07, 6.45) is 12.0. The smallest absolute Gasteiger partial charge is 0.246 e. The molecule has 5 heteroatoms. The third kappa shape index (κ3) is 6.02. The molecule has 1 atom stereocenters. The van der Waals surface area contributed by atoms with E-state index in [1.165, 1.54) is 50.5 Å². The van der Waals surface area contributed by atoms with Crippen molar-refractivity contribution in [2.45, 2.75) is 96.1 Å². The van der Waals surface area contributed by atoms with Gasteiger partial charge >= 0.3 is 0 Å². The van der Waals surface area contributed by atoms with Crippen molar-refractivity contribution in [2.75, 3.05) is 26.2 Å². The van der Waals surface area contributed by atoms with E-state index in [1.54, 1.807) is 0 Å². The third-order valence-corrected chi connectivity index (χ3v) is 8.40. The van der Waals surface area contributed by atoms with Gasteiger partial charge in [-0.05, 0) is 75.3 Å². The van der Waals surface area contributed by atoms with Crippen LogP contribution in [0.3, 0.4) is 0 Å². The van der Waals surface area contributed by atoms with Crippen molar-refractivity contribution in [2.24, 2.45) is 11.8 Å². The number of aryl methyl sites for hydroxylation is 1. The van der Waals surface area contributed by atoms with Crippen LogP contribution in [-0.4, -0.2) is 59.4 Å². The predicted octanol–water partition coefficient (Wildman–Crippen LogP) is 4.80. The Balaban J connectivity index is 1.36. The summed E-state index contributed by atoms with van der Waals surface area (Å²) < 4.78 is 0. The second-order valence-electron chi connectivity index (χ2n) is 11.4. The third-order valence-electron chi connectivity index (χ3n) is 8.40. The SMILES string of the molecule is CC(C)C[C@@H]1NC(=O)C2(CCN(CCCCc3ccccc3)CC2)N(CC2CCCCC2)C1=O. The number of benzene rings is 1. The Kier molecular flexibility index (Phi) is 8.68. The predicted molar refractivity (Wildman–Crippen MR) is 137 cm³/mol. The van der Waals surface area contributed by atoms with Crippen LogP contribution in [0.15, 0.2) is 30.3 Å². The zero-order chi connectivity index (χ0) is 24.0. The molecule has 1 aromatic rings. The van der Waals surface area contributed by atoms with Gasteiger partial charge in [0.1, 0.15) is 11.6 Å². The van der Waals surface area contributed by atoms with Gasteiger partial charge in [0, 0.05) is 19.6 Å². The van der Waals surface area contributed by atoms with E-state index in [0.717, 1.165) is 51.9 Å². The number of nitrogens with one attached hydrogen (secondary N) is 1. The first-order valence-corrected chi connectivity index (χ1v) is 13.9. The van der Waals surface area contributed by atoms with E-state index < -0.39 is 5.54 Å². The average Bonchev–Trinajstić information content (AvgIpc) is 2.85. The number of carbonyl (C=O) groups excluding carboxylic acids is 2. The first kappa shape index (κ1) is 25.2. The zero-order valence-corrected chi connectivity index (χ0v) is 21.4. The van der Waals surface area contributed by atoms with E-state index in [-0.39, 0.29) is 17.9 Å². The van der Waals surface area contributed by atoms with Crippen molar-refractivity contribution >= 4 is 11.8 Å². The number of unbranched alkanes of at least 4 members (excludes halogenated alkanes) is 1. The van der Waals surface area contributed by atoms with Crippen LogP contribution in [0.4, 0.5) is 0 Å². The summed E-state index contributed by atoms with van der Waals surface area (Å²) in [7, 11) is 0. The summed E-state index contributed by atoms with van der Waals surface area (Å²) in [5.74, 6) is 1.22. The topological polar surface area (TPSA) is 52.7 Å². The van der Waals surface area contributed by atoms with E-state index in [9.17, 15) is 9.59 Å². The fraction of sp³-hybridized carbons (Fsp3) is 0.724. The lowest BCUT2D eigenvalue weighted by Crippen LogP contribution is -2.73. The number of rotatable bonds is 9. The fourth-order valence-corrected chi connectivity index (χ4v) is 6.35. The molecule has 1 aliphatic carbocycles. The van der Waals surface area contributed by atoms with Crippen LogP contribution < -0.4 is 5.32 Å². The summed E-state index contributed by atoms with van der Waals surface area (Å²) in [5.41, 5.74) is 0.773. The molecule has 3 fully saturated rings. The fourth-order valence-electron chi connectivity index (χ4n) is 6.35. The van der Waals surface area contributed by atoms with E-state index in [1.807, 2.05) is 0 Å². The summed E-state index contributed by atoms with van der Waals surface area (Å²) >= 11 is 0. The number of piperazine rings is 1. The Labute approximate surface area is 206 Å². The molecule has 2 aliphatic heterocycles. The maximum absolute atomic E-state index is 13.7. The van der Waals surface area contributed by atoms with E-state index in [2.05, 4.69) is 59.3 Å². The molecule has 1 spiro atoms. The molecule has 2 amide bonds. The molecular formula is C29H45N3O2. The summed E-state index contributed by atoms with van der Waals surface area (Å²) in [4.78, 5) is 31.8. The van der Waals surface area contributed by atoms with Crippen LogP contribution in [0.2, 0.25) is 0 Å². The standard InChI is InChI=1S/C29H45N3O2/c1-23(2)21-26-27(33)32(22-25-14-7-4-8-15-25)29(28(34)30-26)16-19-31(20-17-29)18-10-9-13-24-11-5-3-6-12-24/h3,5-6,11-12,23,25-26H,4,7-10,13-22H2,1-2H3,(H,30,34)/t26-/m0/s1. The Hall–Kier alpha value is -1.88. The van der Waals surface area contributed by atoms with Gasteiger partial charge in [-0.15, -0.1) is 0 Å². The van der Waals surface area contributed by atoms with Crippen molar-refractivity contribution in [3.8, 4) is 0 Å². The van der Waals surface area contributed by atoms with Gasteiger partial charge in [-0.3, -0.25) is 9.59 Å². The van der Waals surface area contributed by atoms with Crippen molar-refractivity contribution in [3.05, 3.63) is 35.9 Å². The lowest BCUT2D eigenvalue weighted by molar-refractivity contribution is -0.163. The average molecular weight is 468 g/mol. The number of amides is 2. The van der Waals surface area contributed by atoms with Crippen LogP contribution >= 0.6 is 0 Å². The van der Waals surface area contributed by atoms with E-state index in [0.29, 0.717) is 11.8 Å². The molecular weight excluding hydrogens is 422 g/mol. The van der Waals surface area contributed by atoms with Gasteiger partial charge in [0.15, 0.2) is 0 Å². The lowest BCUT2D eigenvalue weighted by Gasteiger charge is -2.53. The molecule has 188 valence electrons. The largest absolute Gasteiger partial charge is 0.342 e. The van der Waals surface area contributed by atoms with Gasteiger partial charge in [-0.25, -0.2) is 0 Å². The van der Waals surface area contributed by atoms with Crippen molar-refractivity contribution in [3.63, 3.8) is 0 Å². The molecule has 1 saturated carbocycles. The number of hydrogen-bond acceptors (Lipinski definition) is 3. The Morgan fingerprint density at radius 3 is 2.38 bits per heavy atom. The van der Waals surface area contributed by atoms with Gasteiger partial charge in [-0.2, -0.15) is 0 Å². The molecule has 4 rings (SSSR count). The molecule has 0 radical (unpaired) electrons. The highest BCUT2D eigenvalue weighted by molar-refractivity contribution is 6.00. The highest BCUT2D eigenvalue weighted by atomic mass is 16.2. The van der Waals surface area contributed by atoms with Gasteiger partial charge in [0.2, 0.25) is 11.8 Å². The number of hydrogen-bond donors (Lipinski definition) is 1. The van der Waals surface area contributed by atoms with Crippen LogP contribution in [0.1, 0.15) is 83.6 Å². The van der Waals surface area contributed by atoms with E-state index >= 15 is 0 Å². The van der Waals surface area contributed by atoms with Gasteiger partial charge in [-0.1, -0.05) is 63.4 Å². The second kappa shape index (κ2) is 11.7. The number of carbonyl (C=O) groups is 2. The molecule has 1 aromatic carbocycles. The summed E-state index contributed by atoms with van der Waals surface area (Å²) in [6.45, 7) is 7.93. The minimum atomic E-state index is -0.636. The van der Waals surface area contributed by atoms with Crippen molar-refractivity contribution in [1.29, 1.82) is 0 Å². The van der Waals surface area contributed by atoms with Gasteiger partial charge in [0.25, 0.3) is 0 Å². The molecule has 5 nitrogen and oxygen atoms in total. The van der Waals surface area contributed by atoms with Crippen molar-refractivity contribution < 1.29 is 9.59 Å². The highest BCUT2D eigenvalue weighted by Crippen LogP contribution is 2.36. The zero-order valence-electron chi connectivity index (χ0n) is 21.4. The minimum Gasteiger partial charge on any atom is -0.342 e. The minimum absolute atomic E-state index is 0.109. The second-order valence-corrected chi connectivity index (χ2v) is 11.4. The van der Waals surface area contributed by atoms with Crippen LogP contribution in [0, 0.1) is 11.8 Å². The van der Waals surface area contributed by atoms with Crippen LogP contribution in [0.5, 0.6) is 0 Å². The molecule has 3 aliphatic rings. The Bertz CT molecular complexity index is 795. The lowest BCUT2D eigenvalue weighted by atomic mass is 9.79. The van der Waals surface area contributed by atoms with Crippen molar-refractivity contribution in [1.82, 2.24) is 15.1 Å². The maximum Gasteiger partial charge on any atom is 0.246 e. The van der Waals surface area contributed by atoms with Gasteiger partial charge < -0.3 is 15.1 Å². The van der Waals surface area contributed by atoms with E-state index in [4.69, 9.17) is 0 Å². The highest BCUT2D eigenvalue weighted by Gasteiger charge is 2.53. The number of nitrogens with zero attached hydrogens (tertiary/aromatic N) is 2. The molecule has 2 heterocycles. The quantitative estimate of drug-likeness (QED) is 0.531. The number of likely N-dealkylation sites (tertiary alicyclic amines) is 1. The molecule has 1 N–H and O–H groups in total. The molecule has 2 saturated heterocycles. The Morgan fingerprint density at radius 1 is 1.00 bits per heavy atom. The van der Waals surface area contributed by atoms with Gasteiger partial charge in [0.05, 0.1) is 0 Å². The Morgan fingerprint density at radius 2 is 1.71 bits per heavy atom. The first-order chi connectivity index (χ1) is 16.5. The molecule has 0 unspecified atom stereocenters. The van der Waals surface area contributed by atoms with Crippen LogP contribution in [0.25, 0.3) is 0 Å². The normalized spacial score (nSPS) is 24.1. The monoisotopic (exact) mass is 467 g/mol. The molecule has 34 heavy (non-hydrogen) atoms. The molecule has 0 aromatic heterocycles. The molecule has 0 bridgehead atoms.